The fourth-order valence-corrected chi connectivity index (χ4v) is 3.17. The number of aryl methyl sites for hydroxylation is 1. The zero-order chi connectivity index (χ0) is 14.2. The van der Waals surface area contributed by atoms with Gasteiger partial charge in [-0.3, -0.25) is 4.98 Å². The summed E-state index contributed by atoms with van der Waals surface area (Å²) in [6.07, 6.45) is 1.01. The zero-order valence-electron chi connectivity index (χ0n) is 12.2. The zero-order valence-corrected chi connectivity index (χ0v) is 12.2. The van der Waals surface area contributed by atoms with Gasteiger partial charge in [-0.1, -0.05) is 48.0 Å². The van der Waals surface area contributed by atoms with E-state index >= 15 is 0 Å². The molecule has 1 aliphatic heterocycles. The number of para-hydroxylation sites is 1. The lowest BCUT2D eigenvalue weighted by molar-refractivity contribution is 0.634. The molecule has 4 rings (SSSR count). The molecular formula is C19H18N2. The molecule has 1 aliphatic rings. The minimum atomic E-state index is 0.913. The van der Waals surface area contributed by atoms with Crippen molar-refractivity contribution in [2.24, 2.45) is 0 Å². The van der Waals surface area contributed by atoms with Crippen LogP contribution in [0.25, 0.3) is 22.0 Å². The van der Waals surface area contributed by atoms with E-state index < -0.39 is 0 Å². The van der Waals surface area contributed by atoms with Crippen molar-refractivity contribution in [1.82, 2.24) is 10.3 Å². The van der Waals surface area contributed by atoms with Crippen molar-refractivity contribution >= 4 is 10.9 Å². The number of nitrogens with one attached hydrogen (secondary N) is 1. The molecule has 1 aromatic heterocycles. The summed E-state index contributed by atoms with van der Waals surface area (Å²) in [6.45, 7) is 4.06. The van der Waals surface area contributed by atoms with E-state index in [4.69, 9.17) is 4.98 Å². The summed E-state index contributed by atoms with van der Waals surface area (Å²) in [7, 11) is 0. The van der Waals surface area contributed by atoms with Crippen LogP contribution >= 0.6 is 0 Å². The van der Waals surface area contributed by atoms with Crippen molar-refractivity contribution < 1.29 is 0 Å². The van der Waals surface area contributed by atoms with E-state index in [0.717, 1.165) is 25.0 Å². The summed E-state index contributed by atoms with van der Waals surface area (Å²) < 4.78 is 0. The number of fused-ring (bicyclic) bond motifs is 2. The minimum Gasteiger partial charge on any atom is -0.312 e. The van der Waals surface area contributed by atoms with Crippen LogP contribution in [-0.2, 0) is 13.0 Å². The molecule has 2 nitrogen and oxygen atoms in total. The molecule has 0 fully saturated rings. The van der Waals surface area contributed by atoms with Crippen LogP contribution in [0.4, 0.5) is 0 Å². The van der Waals surface area contributed by atoms with Crippen molar-refractivity contribution in [1.29, 1.82) is 0 Å². The highest BCUT2D eigenvalue weighted by Gasteiger charge is 2.18. The van der Waals surface area contributed by atoms with E-state index in [9.17, 15) is 0 Å². The van der Waals surface area contributed by atoms with Crippen LogP contribution in [0.1, 0.15) is 16.8 Å². The third-order valence-electron chi connectivity index (χ3n) is 4.26. The highest BCUT2D eigenvalue weighted by atomic mass is 14.9. The Kier molecular flexibility index (Phi) is 2.97. The molecule has 21 heavy (non-hydrogen) atoms. The van der Waals surface area contributed by atoms with Gasteiger partial charge in [-0.2, -0.15) is 0 Å². The van der Waals surface area contributed by atoms with Crippen molar-refractivity contribution in [2.45, 2.75) is 19.9 Å². The van der Waals surface area contributed by atoms with E-state index in [-0.39, 0.29) is 0 Å². The monoisotopic (exact) mass is 274 g/mol. The first-order chi connectivity index (χ1) is 10.3. The van der Waals surface area contributed by atoms with Gasteiger partial charge in [0.25, 0.3) is 0 Å². The molecule has 0 bridgehead atoms. The van der Waals surface area contributed by atoms with Gasteiger partial charge < -0.3 is 5.32 Å². The van der Waals surface area contributed by atoms with Crippen LogP contribution in [0.15, 0.2) is 48.5 Å². The van der Waals surface area contributed by atoms with Gasteiger partial charge in [0.15, 0.2) is 0 Å². The van der Waals surface area contributed by atoms with Crippen LogP contribution in [0.5, 0.6) is 0 Å². The molecule has 3 aromatic rings. The van der Waals surface area contributed by atoms with E-state index in [1.807, 2.05) is 0 Å². The second kappa shape index (κ2) is 4.97. The molecular weight excluding hydrogens is 256 g/mol. The van der Waals surface area contributed by atoms with Crippen molar-refractivity contribution in [2.75, 3.05) is 6.54 Å². The Morgan fingerprint density at radius 3 is 2.67 bits per heavy atom. The SMILES string of the molecule is Cc1ccc(-c2c3c(nc4ccccc24)CCNC3)cc1. The van der Waals surface area contributed by atoms with E-state index in [0.29, 0.717) is 0 Å². The van der Waals surface area contributed by atoms with Crippen LogP contribution < -0.4 is 5.32 Å². The maximum atomic E-state index is 4.88. The van der Waals surface area contributed by atoms with E-state index in [1.165, 1.54) is 33.3 Å². The minimum absolute atomic E-state index is 0.913. The molecule has 104 valence electrons. The van der Waals surface area contributed by atoms with Gasteiger partial charge in [-0.25, -0.2) is 0 Å². The van der Waals surface area contributed by atoms with Gasteiger partial charge in [0.1, 0.15) is 0 Å². The van der Waals surface area contributed by atoms with Crippen molar-refractivity contribution in [3.8, 4) is 11.1 Å². The smallest absolute Gasteiger partial charge is 0.0711 e. The highest BCUT2D eigenvalue weighted by molar-refractivity contribution is 5.96. The highest BCUT2D eigenvalue weighted by Crippen LogP contribution is 2.34. The number of pyridine rings is 1. The summed E-state index contributed by atoms with van der Waals surface area (Å²) in [4.78, 5) is 4.88. The number of benzene rings is 2. The molecule has 2 heterocycles. The lowest BCUT2D eigenvalue weighted by Gasteiger charge is -2.22. The first-order valence-corrected chi connectivity index (χ1v) is 7.51. The molecule has 2 aromatic carbocycles. The Morgan fingerprint density at radius 2 is 1.81 bits per heavy atom. The Bertz CT molecular complexity index is 804. The van der Waals surface area contributed by atoms with Crippen molar-refractivity contribution in [3.05, 3.63) is 65.4 Å². The first kappa shape index (κ1) is 12.5. The average molecular weight is 274 g/mol. The molecule has 0 saturated carbocycles. The molecule has 0 aliphatic carbocycles. The van der Waals surface area contributed by atoms with Crippen molar-refractivity contribution in [3.63, 3.8) is 0 Å². The van der Waals surface area contributed by atoms with Gasteiger partial charge >= 0.3 is 0 Å². The van der Waals surface area contributed by atoms with Gasteiger partial charge in [-0.15, -0.1) is 0 Å². The molecule has 1 N–H and O–H groups in total. The summed E-state index contributed by atoms with van der Waals surface area (Å²) in [6, 6.07) is 17.3. The van der Waals surface area contributed by atoms with Gasteiger partial charge in [0, 0.05) is 30.6 Å². The Hall–Kier alpha value is -2.19. The summed E-state index contributed by atoms with van der Waals surface area (Å²) >= 11 is 0. The summed E-state index contributed by atoms with van der Waals surface area (Å²) in [5.74, 6) is 0. The first-order valence-electron chi connectivity index (χ1n) is 7.51. The maximum Gasteiger partial charge on any atom is 0.0711 e. The summed E-state index contributed by atoms with van der Waals surface area (Å²) in [5.41, 5.74) is 7.66. The number of hydrogen-bond acceptors (Lipinski definition) is 2. The quantitative estimate of drug-likeness (QED) is 0.729. The Labute approximate surface area is 124 Å². The lowest BCUT2D eigenvalue weighted by Crippen LogP contribution is -2.25. The maximum absolute atomic E-state index is 4.88. The third-order valence-corrected chi connectivity index (χ3v) is 4.26. The predicted molar refractivity (Wildman–Crippen MR) is 87.3 cm³/mol. The lowest BCUT2D eigenvalue weighted by atomic mass is 9.91. The fourth-order valence-electron chi connectivity index (χ4n) is 3.17. The number of hydrogen-bond donors (Lipinski definition) is 1. The predicted octanol–water partition coefficient (Wildman–Crippen LogP) is 3.86. The third kappa shape index (κ3) is 2.12. The standard InChI is InChI=1S/C19H18N2/c1-13-6-8-14(9-7-13)19-15-4-2-3-5-17(15)21-18-10-11-20-12-16(18)19/h2-9,20H,10-12H2,1H3. The van der Waals surface area contributed by atoms with Gasteiger partial charge in [0.2, 0.25) is 0 Å². The number of rotatable bonds is 1. The Balaban J connectivity index is 2.07. The fraction of sp³-hybridized carbons (Fsp3) is 0.211. The average Bonchev–Trinajstić information content (AvgIpc) is 2.53. The molecule has 0 spiro atoms. The van der Waals surface area contributed by atoms with Crippen LogP contribution in [-0.4, -0.2) is 11.5 Å². The van der Waals surface area contributed by atoms with Crippen LogP contribution in [0, 0.1) is 6.92 Å². The second-order valence-corrected chi connectivity index (χ2v) is 5.72. The molecule has 0 saturated heterocycles. The molecule has 2 heteroatoms. The topological polar surface area (TPSA) is 24.9 Å². The molecule has 0 atom stereocenters. The van der Waals surface area contributed by atoms with Gasteiger partial charge in [0.05, 0.1) is 5.52 Å². The summed E-state index contributed by atoms with van der Waals surface area (Å²) in [5, 5.41) is 4.74. The largest absolute Gasteiger partial charge is 0.312 e. The van der Waals surface area contributed by atoms with Gasteiger partial charge in [-0.05, 0) is 29.7 Å². The van der Waals surface area contributed by atoms with Crippen LogP contribution in [0.3, 0.4) is 0 Å². The number of nitrogens with zero attached hydrogens (tertiary/aromatic N) is 1. The molecule has 0 radical (unpaired) electrons. The Morgan fingerprint density at radius 1 is 1.00 bits per heavy atom. The molecule has 0 amide bonds. The molecule has 0 unspecified atom stereocenters. The normalized spacial score (nSPS) is 14.1. The number of aromatic nitrogens is 1. The van der Waals surface area contributed by atoms with E-state index in [1.54, 1.807) is 0 Å². The van der Waals surface area contributed by atoms with Crippen LogP contribution in [0.2, 0.25) is 0 Å². The second-order valence-electron chi connectivity index (χ2n) is 5.72. The van der Waals surface area contributed by atoms with E-state index in [2.05, 4.69) is 60.8 Å².